The zero-order valence-corrected chi connectivity index (χ0v) is 20.3. The first kappa shape index (κ1) is 22.9. The van der Waals surface area contributed by atoms with Crippen molar-refractivity contribution in [2.75, 3.05) is 35.6 Å². The number of para-hydroxylation sites is 1. The molecule has 7 heteroatoms. The van der Waals surface area contributed by atoms with Gasteiger partial charge in [-0.15, -0.1) is 0 Å². The Morgan fingerprint density at radius 1 is 0.914 bits per heavy atom. The van der Waals surface area contributed by atoms with Crippen molar-refractivity contribution in [2.24, 2.45) is 5.92 Å². The van der Waals surface area contributed by atoms with E-state index in [-0.39, 0.29) is 11.8 Å². The van der Waals surface area contributed by atoms with Gasteiger partial charge in [-0.3, -0.25) is 14.4 Å². The highest BCUT2D eigenvalue weighted by Gasteiger charge is 2.60. The number of carbonyl (C=O) groups excluding carboxylic acids is 2. The number of hydrogen-bond donors (Lipinski definition) is 0. The van der Waals surface area contributed by atoms with Gasteiger partial charge in [0.1, 0.15) is 11.7 Å². The van der Waals surface area contributed by atoms with E-state index in [1.807, 2.05) is 81.4 Å². The number of anilines is 3. The molecule has 7 nitrogen and oxygen atoms in total. The maximum absolute atomic E-state index is 13.8. The maximum atomic E-state index is 13.8. The van der Waals surface area contributed by atoms with Crippen LogP contribution in [0.25, 0.3) is 0 Å². The lowest BCUT2D eigenvalue weighted by Crippen LogP contribution is -2.37. The second kappa shape index (κ2) is 9.07. The van der Waals surface area contributed by atoms with E-state index in [9.17, 15) is 9.59 Å². The standard InChI is InChI=1S/C28H29N3O4/c1-5-34-22-16-14-21(15-17-22)30-27(32)24-25(19-10-12-20(13-11-19)29(3)4)31(35-26(24)28(30)33)23-9-7-6-8-18(23)2/h6-17,24-26H,5H2,1-4H3/t24-,25-,26-/m0/s1. The number of hydroxylamine groups is 1. The van der Waals surface area contributed by atoms with Crippen molar-refractivity contribution in [2.45, 2.75) is 26.0 Å². The summed E-state index contributed by atoms with van der Waals surface area (Å²) in [4.78, 5) is 36.8. The Morgan fingerprint density at radius 2 is 1.60 bits per heavy atom. The van der Waals surface area contributed by atoms with Crippen LogP contribution >= 0.6 is 0 Å². The van der Waals surface area contributed by atoms with Gasteiger partial charge in [-0.25, -0.2) is 9.96 Å². The Hall–Kier alpha value is -3.84. The molecule has 0 saturated carbocycles. The van der Waals surface area contributed by atoms with Crippen LogP contribution in [0.5, 0.6) is 5.75 Å². The molecule has 2 heterocycles. The van der Waals surface area contributed by atoms with E-state index in [1.54, 1.807) is 29.3 Å². The Bertz CT molecular complexity index is 1240. The van der Waals surface area contributed by atoms with Gasteiger partial charge in [0.2, 0.25) is 5.91 Å². The van der Waals surface area contributed by atoms with E-state index in [0.717, 1.165) is 22.5 Å². The zero-order valence-electron chi connectivity index (χ0n) is 20.3. The van der Waals surface area contributed by atoms with Crippen LogP contribution in [0.15, 0.2) is 72.8 Å². The molecule has 2 amide bonds. The minimum absolute atomic E-state index is 0.262. The summed E-state index contributed by atoms with van der Waals surface area (Å²) < 4.78 is 5.50. The predicted molar refractivity (Wildman–Crippen MR) is 136 cm³/mol. The molecular weight excluding hydrogens is 442 g/mol. The van der Waals surface area contributed by atoms with Gasteiger partial charge in [0, 0.05) is 19.8 Å². The molecule has 0 bridgehead atoms. The number of amides is 2. The topological polar surface area (TPSA) is 62.3 Å². The lowest BCUT2D eigenvalue weighted by atomic mass is 9.90. The Kier molecular flexibility index (Phi) is 5.94. The van der Waals surface area contributed by atoms with Crippen LogP contribution < -0.4 is 19.6 Å². The Labute approximate surface area is 205 Å². The van der Waals surface area contributed by atoms with Crippen molar-refractivity contribution < 1.29 is 19.2 Å². The maximum Gasteiger partial charge on any atom is 0.266 e. The van der Waals surface area contributed by atoms with Crippen molar-refractivity contribution in [1.29, 1.82) is 0 Å². The SMILES string of the molecule is CCOc1ccc(N2C(=O)[C@@H]3[C@H](ON(c4ccccc4C)[C@H]3c3ccc(N(C)C)cc3)C2=O)cc1. The van der Waals surface area contributed by atoms with Crippen LogP contribution in [0.2, 0.25) is 0 Å². The van der Waals surface area contributed by atoms with E-state index in [2.05, 4.69) is 0 Å². The summed E-state index contributed by atoms with van der Waals surface area (Å²) in [6, 6.07) is 22.5. The van der Waals surface area contributed by atoms with Gasteiger partial charge in [-0.2, -0.15) is 0 Å². The summed E-state index contributed by atoms with van der Waals surface area (Å²) in [5, 5.41) is 1.75. The molecule has 0 radical (unpaired) electrons. The molecule has 0 aliphatic carbocycles. The number of ether oxygens (including phenoxy) is 1. The molecule has 180 valence electrons. The summed E-state index contributed by atoms with van der Waals surface area (Å²) >= 11 is 0. The first-order chi connectivity index (χ1) is 16.9. The second-order valence-corrected chi connectivity index (χ2v) is 9.03. The van der Waals surface area contributed by atoms with E-state index in [0.29, 0.717) is 18.0 Å². The predicted octanol–water partition coefficient (Wildman–Crippen LogP) is 4.51. The van der Waals surface area contributed by atoms with Crippen molar-refractivity contribution in [1.82, 2.24) is 0 Å². The molecule has 0 spiro atoms. The summed E-state index contributed by atoms with van der Waals surface area (Å²) in [6.07, 6.45) is -0.896. The summed E-state index contributed by atoms with van der Waals surface area (Å²) in [5.41, 5.74) is 4.34. The van der Waals surface area contributed by atoms with Crippen molar-refractivity contribution in [3.63, 3.8) is 0 Å². The molecule has 2 aliphatic heterocycles. The number of fused-ring (bicyclic) bond motifs is 1. The highest BCUT2D eigenvalue weighted by Crippen LogP contribution is 2.48. The fourth-order valence-corrected chi connectivity index (χ4v) is 4.86. The van der Waals surface area contributed by atoms with Crippen LogP contribution in [0.3, 0.4) is 0 Å². The third-order valence-corrected chi connectivity index (χ3v) is 6.63. The molecular formula is C28H29N3O4. The number of rotatable bonds is 6. The largest absolute Gasteiger partial charge is 0.494 e. The van der Waals surface area contributed by atoms with Gasteiger partial charge in [-0.1, -0.05) is 30.3 Å². The third-order valence-electron chi connectivity index (χ3n) is 6.63. The number of imide groups is 1. The van der Waals surface area contributed by atoms with E-state index in [1.165, 1.54) is 4.90 Å². The van der Waals surface area contributed by atoms with Crippen LogP contribution in [0.1, 0.15) is 24.1 Å². The van der Waals surface area contributed by atoms with Gasteiger partial charge >= 0.3 is 0 Å². The van der Waals surface area contributed by atoms with Crippen molar-refractivity contribution in [3.8, 4) is 5.75 Å². The van der Waals surface area contributed by atoms with Crippen LogP contribution in [-0.4, -0.2) is 38.6 Å². The quantitative estimate of drug-likeness (QED) is 0.493. The number of carbonyl (C=O) groups is 2. The molecule has 0 N–H and O–H groups in total. The number of nitrogens with zero attached hydrogens (tertiary/aromatic N) is 3. The highest BCUT2D eigenvalue weighted by molar-refractivity contribution is 6.24. The normalized spacial score (nSPS) is 21.4. The highest BCUT2D eigenvalue weighted by atomic mass is 16.7. The zero-order chi connectivity index (χ0) is 24.7. The number of benzene rings is 3. The van der Waals surface area contributed by atoms with Crippen molar-refractivity contribution in [3.05, 3.63) is 83.9 Å². The minimum atomic E-state index is -0.896. The monoisotopic (exact) mass is 471 g/mol. The van der Waals surface area contributed by atoms with Crippen LogP contribution in [0.4, 0.5) is 17.1 Å². The average Bonchev–Trinajstić information content (AvgIpc) is 3.36. The summed E-state index contributed by atoms with van der Waals surface area (Å²) in [5.74, 6) is -0.590. The number of aryl methyl sites for hydroxylation is 1. The molecule has 35 heavy (non-hydrogen) atoms. The van der Waals surface area contributed by atoms with Crippen LogP contribution in [0, 0.1) is 12.8 Å². The molecule has 0 unspecified atom stereocenters. The van der Waals surface area contributed by atoms with Crippen LogP contribution in [-0.2, 0) is 14.4 Å². The van der Waals surface area contributed by atoms with Crippen molar-refractivity contribution >= 4 is 28.9 Å². The average molecular weight is 472 g/mol. The minimum Gasteiger partial charge on any atom is -0.494 e. The van der Waals surface area contributed by atoms with E-state index >= 15 is 0 Å². The first-order valence-corrected chi connectivity index (χ1v) is 11.8. The lowest BCUT2D eigenvalue weighted by Gasteiger charge is -2.30. The van der Waals surface area contributed by atoms with Gasteiger partial charge in [0.25, 0.3) is 5.91 Å². The molecule has 3 aromatic rings. The number of hydrogen-bond acceptors (Lipinski definition) is 6. The fraction of sp³-hybridized carbons (Fsp3) is 0.286. The summed E-state index contributed by atoms with van der Waals surface area (Å²) in [6.45, 7) is 4.45. The molecule has 3 aromatic carbocycles. The summed E-state index contributed by atoms with van der Waals surface area (Å²) in [7, 11) is 3.97. The first-order valence-electron chi connectivity index (χ1n) is 11.8. The van der Waals surface area contributed by atoms with E-state index in [4.69, 9.17) is 9.57 Å². The second-order valence-electron chi connectivity index (χ2n) is 9.03. The fourth-order valence-electron chi connectivity index (χ4n) is 4.86. The molecule has 5 rings (SSSR count). The van der Waals surface area contributed by atoms with Gasteiger partial charge < -0.3 is 9.64 Å². The van der Waals surface area contributed by atoms with Gasteiger partial charge in [0.05, 0.1) is 24.0 Å². The van der Waals surface area contributed by atoms with Gasteiger partial charge in [0.15, 0.2) is 6.10 Å². The molecule has 2 fully saturated rings. The molecule has 2 aliphatic rings. The van der Waals surface area contributed by atoms with E-state index < -0.39 is 18.1 Å². The smallest absolute Gasteiger partial charge is 0.266 e. The lowest BCUT2D eigenvalue weighted by molar-refractivity contribution is -0.126. The molecule has 2 saturated heterocycles. The van der Waals surface area contributed by atoms with Gasteiger partial charge in [-0.05, 0) is 67.4 Å². The Balaban J connectivity index is 1.54. The molecule has 3 atom stereocenters. The Morgan fingerprint density at radius 3 is 2.23 bits per heavy atom. The third kappa shape index (κ3) is 3.91. The molecule has 0 aromatic heterocycles.